The van der Waals surface area contributed by atoms with E-state index in [9.17, 15) is 21.6 Å². The highest BCUT2D eigenvalue weighted by Gasteiger charge is 2.57. The first-order valence-corrected chi connectivity index (χ1v) is 7.94. The average Bonchev–Trinajstić information content (AvgIpc) is 2.60. The van der Waals surface area contributed by atoms with Crippen molar-refractivity contribution in [3.63, 3.8) is 0 Å². The maximum Gasteiger partial charge on any atom is 0.589 e. The minimum Gasteiger partial charge on any atom is -0.366 e. The molecule has 1 saturated heterocycles. The van der Waals surface area contributed by atoms with E-state index >= 15 is 0 Å². The Morgan fingerprint density at radius 1 is 1.21 bits per heavy atom. The lowest BCUT2D eigenvalue weighted by Gasteiger charge is -2.37. The van der Waals surface area contributed by atoms with Crippen LogP contribution in [0.4, 0.5) is 13.2 Å². The van der Waals surface area contributed by atoms with Crippen LogP contribution in [-0.4, -0.2) is 45.0 Å². The summed E-state index contributed by atoms with van der Waals surface area (Å²) in [6.07, 6.45) is 2.62. The fraction of sp³-hybridized carbons (Fsp3) is 1.00. The number of hydrogen-bond acceptors (Lipinski definition) is 3. The van der Waals surface area contributed by atoms with Gasteiger partial charge in [-0.25, -0.2) is 0 Å². The van der Waals surface area contributed by atoms with Crippen LogP contribution in [-0.2, 0) is 14.2 Å². The number of rotatable bonds is 6. The summed E-state index contributed by atoms with van der Waals surface area (Å²) < 4.78 is 64.3. The highest BCUT2D eigenvalue weighted by molar-refractivity contribution is 7.88. The van der Waals surface area contributed by atoms with Crippen molar-refractivity contribution in [1.29, 1.82) is 0 Å². The van der Waals surface area contributed by atoms with Gasteiger partial charge in [-0.15, -0.1) is 0 Å². The first-order valence-electron chi connectivity index (χ1n) is 6.54. The third-order valence-corrected chi connectivity index (χ3v) is 4.57. The Bertz CT molecular complexity index is 393. The topological polar surface area (TPSA) is 43.4 Å². The molecule has 1 heterocycles. The van der Waals surface area contributed by atoms with Crippen LogP contribution in [0.5, 0.6) is 0 Å². The molecule has 4 nitrogen and oxygen atoms in total. The molecule has 1 aliphatic heterocycles. The molecule has 1 aliphatic rings. The number of quaternary nitrogens is 1. The molecule has 112 valence electrons. The van der Waals surface area contributed by atoms with E-state index in [4.69, 9.17) is 0 Å². The predicted molar refractivity (Wildman–Crippen MR) is 66.7 cm³/mol. The average molecular weight is 302 g/mol. The third-order valence-electron chi connectivity index (χ3n) is 3.52. The molecule has 0 spiro atoms. The lowest BCUT2D eigenvalue weighted by Crippen LogP contribution is -2.58. The summed E-state index contributed by atoms with van der Waals surface area (Å²) in [7, 11) is -6.40. The third kappa shape index (κ3) is 3.63. The predicted octanol–water partition coefficient (Wildman–Crippen LogP) is 2.38. The van der Waals surface area contributed by atoms with Gasteiger partial charge >= 0.3 is 22.7 Å². The number of alkyl halides is 3. The van der Waals surface area contributed by atoms with Gasteiger partial charge in [0.05, 0.1) is 19.6 Å². The molecule has 0 unspecified atom stereocenters. The molecule has 0 aromatic rings. The van der Waals surface area contributed by atoms with Crippen LogP contribution in [0.1, 0.15) is 33.1 Å². The van der Waals surface area contributed by atoms with Crippen molar-refractivity contribution < 1.29 is 30.1 Å². The van der Waals surface area contributed by atoms with E-state index in [0.717, 1.165) is 12.8 Å². The van der Waals surface area contributed by atoms with Gasteiger partial charge in [0.25, 0.3) is 0 Å². The second-order valence-electron chi connectivity index (χ2n) is 4.98. The summed E-state index contributed by atoms with van der Waals surface area (Å²) >= 11 is 0. The zero-order chi connectivity index (χ0) is 14.7. The Kier molecular flexibility index (Phi) is 5.31. The fourth-order valence-electron chi connectivity index (χ4n) is 2.85. The van der Waals surface area contributed by atoms with Crippen LogP contribution in [0, 0.1) is 0 Å². The van der Waals surface area contributed by atoms with Crippen molar-refractivity contribution >= 4 is 17.2 Å². The maximum absolute atomic E-state index is 12.4. The van der Waals surface area contributed by atoms with E-state index in [1.807, 2.05) is 13.8 Å². The second-order valence-corrected chi connectivity index (χ2v) is 6.55. The lowest BCUT2D eigenvalue weighted by molar-refractivity contribution is -0.827. The molecule has 0 atom stereocenters. The van der Waals surface area contributed by atoms with Gasteiger partial charge in [0.1, 0.15) is 0 Å². The first kappa shape index (κ1) is 16.8. The molecule has 0 aromatic carbocycles. The molecular formula is C10H20BF3NO3S+. The molecule has 1 fully saturated rings. The molecule has 0 radical (unpaired) electrons. The Morgan fingerprint density at radius 2 is 1.74 bits per heavy atom. The SMILES string of the molecule is CCC[N+]1(CCC)CCCB1OS(=O)(=O)C(F)(F)F. The molecule has 19 heavy (non-hydrogen) atoms. The Labute approximate surface area is 112 Å². The zero-order valence-electron chi connectivity index (χ0n) is 11.2. The Hall–Kier alpha value is -0.275. The molecule has 9 heteroatoms. The molecule has 0 amide bonds. The van der Waals surface area contributed by atoms with Crippen molar-refractivity contribution in [3.8, 4) is 0 Å². The van der Waals surface area contributed by atoms with Crippen molar-refractivity contribution in [2.45, 2.75) is 44.9 Å². The summed E-state index contributed by atoms with van der Waals surface area (Å²) in [5.41, 5.74) is -5.34. The van der Waals surface area contributed by atoms with E-state index < -0.39 is 22.7 Å². The smallest absolute Gasteiger partial charge is 0.366 e. The summed E-state index contributed by atoms with van der Waals surface area (Å²) in [5, 5.41) is 0. The maximum atomic E-state index is 12.4. The standard InChI is InChI=1S/C10H20BF3NO3S/c1-3-7-15(8-4-2)9-5-6-11(15)18-19(16,17)10(12,13)14/h3-9H2,1-2H3/q+1. The van der Waals surface area contributed by atoms with Gasteiger partial charge in [-0.1, -0.05) is 13.8 Å². The fourth-order valence-corrected chi connectivity index (χ4v) is 3.53. The van der Waals surface area contributed by atoms with E-state index in [0.29, 0.717) is 36.8 Å². The largest absolute Gasteiger partial charge is 0.589 e. The molecular weight excluding hydrogens is 282 g/mol. The minimum absolute atomic E-state index is 0.322. The molecule has 0 bridgehead atoms. The molecule has 1 rings (SSSR count). The van der Waals surface area contributed by atoms with Gasteiger partial charge in [-0.05, 0) is 19.3 Å². The highest BCUT2D eigenvalue weighted by atomic mass is 32.2. The van der Waals surface area contributed by atoms with Crippen molar-refractivity contribution in [3.05, 3.63) is 0 Å². The number of halogens is 3. The summed E-state index contributed by atoms with van der Waals surface area (Å²) in [5.74, 6) is 0. The number of nitrogens with zero attached hydrogens (tertiary/aromatic N) is 1. The van der Waals surface area contributed by atoms with Gasteiger partial charge in [0, 0.05) is 6.32 Å². The van der Waals surface area contributed by atoms with E-state index in [1.54, 1.807) is 0 Å². The molecule has 0 N–H and O–H groups in total. The number of hydrogen-bond donors (Lipinski definition) is 0. The van der Waals surface area contributed by atoms with Crippen LogP contribution >= 0.6 is 0 Å². The molecule has 0 aliphatic carbocycles. The van der Waals surface area contributed by atoms with Gasteiger partial charge in [0.15, 0.2) is 0 Å². The van der Waals surface area contributed by atoms with Gasteiger partial charge in [0.2, 0.25) is 0 Å². The molecule has 0 saturated carbocycles. The van der Waals surface area contributed by atoms with Gasteiger partial charge in [-0.2, -0.15) is 21.6 Å². The van der Waals surface area contributed by atoms with Gasteiger partial charge < -0.3 is 4.39 Å². The van der Waals surface area contributed by atoms with Crippen molar-refractivity contribution in [2.75, 3.05) is 19.6 Å². The van der Waals surface area contributed by atoms with Crippen LogP contribution in [0.3, 0.4) is 0 Å². The highest BCUT2D eigenvalue weighted by Crippen LogP contribution is 2.32. The minimum atomic E-state index is -5.50. The van der Waals surface area contributed by atoms with E-state index in [1.165, 1.54) is 0 Å². The van der Waals surface area contributed by atoms with Crippen LogP contribution < -0.4 is 0 Å². The van der Waals surface area contributed by atoms with E-state index in [2.05, 4.69) is 4.10 Å². The summed E-state index contributed by atoms with van der Waals surface area (Å²) in [6.45, 7) is 5.84. The van der Waals surface area contributed by atoms with E-state index in [-0.39, 0.29) is 0 Å². The second kappa shape index (κ2) is 6.01. The summed E-state index contributed by atoms with van der Waals surface area (Å²) in [6, 6.07) is 0. The Morgan fingerprint density at radius 3 is 2.16 bits per heavy atom. The first-order chi connectivity index (χ1) is 8.68. The summed E-state index contributed by atoms with van der Waals surface area (Å²) in [4.78, 5) is 0. The van der Waals surface area contributed by atoms with Crippen molar-refractivity contribution in [2.24, 2.45) is 0 Å². The van der Waals surface area contributed by atoms with Gasteiger partial charge in [-0.3, -0.25) is 4.10 Å². The Balaban J connectivity index is 2.92. The molecule has 0 aromatic heterocycles. The zero-order valence-corrected chi connectivity index (χ0v) is 12.1. The van der Waals surface area contributed by atoms with Crippen LogP contribution in [0.2, 0.25) is 6.32 Å². The normalized spacial score (nSPS) is 19.9. The quantitative estimate of drug-likeness (QED) is 0.559. The van der Waals surface area contributed by atoms with Crippen LogP contribution in [0.15, 0.2) is 0 Å². The van der Waals surface area contributed by atoms with Crippen LogP contribution in [0.25, 0.3) is 0 Å². The monoisotopic (exact) mass is 302 g/mol. The lowest BCUT2D eigenvalue weighted by atomic mass is 9.76. The van der Waals surface area contributed by atoms with Crippen molar-refractivity contribution in [1.82, 2.24) is 0 Å².